The fraction of sp³-hybridized carbons (Fsp3) is 0.684. The van der Waals surface area contributed by atoms with E-state index in [0.717, 1.165) is 0 Å². The number of halogens is 3. The Balaban J connectivity index is 1.23. The molecule has 11 heteroatoms. The Morgan fingerprint density at radius 3 is 2.90 bits per heavy atom. The molecule has 1 aliphatic carbocycles. The van der Waals surface area contributed by atoms with Gasteiger partial charge >= 0.3 is 0 Å². The molecule has 162 valence electrons. The van der Waals surface area contributed by atoms with E-state index in [-0.39, 0.29) is 44.2 Å². The number of rotatable bonds is 3. The summed E-state index contributed by atoms with van der Waals surface area (Å²) in [5.41, 5.74) is 0.988. The fourth-order valence-electron chi connectivity index (χ4n) is 5.23. The second kappa shape index (κ2) is 6.62. The molecule has 2 unspecified atom stereocenters. The second-order valence-corrected chi connectivity index (χ2v) is 9.00. The highest BCUT2D eigenvalue weighted by molar-refractivity contribution is 6.33. The Bertz CT molecular complexity index is 991. The van der Waals surface area contributed by atoms with Crippen LogP contribution in [0.1, 0.15) is 12.8 Å². The maximum absolute atomic E-state index is 14.1. The van der Waals surface area contributed by atoms with Crippen molar-refractivity contribution in [3.8, 4) is 6.01 Å². The minimum atomic E-state index is -2.62. The third kappa shape index (κ3) is 2.88. The van der Waals surface area contributed by atoms with Crippen molar-refractivity contribution in [2.75, 3.05) is 31.2 Å². The molecule has 30 heavy (non-hydrogen) atoms. The lowest BCUT2D eigenvalue weighted by Crippen LogP contribution is -2.34. The Hall–Kier alpha value is -1.75. The van der Waals surface area contributed by atoms with Crippen molar-refractivity contribution < 1.29 is 28.1 Å². The van der Waals surface area contributed by atoms with Crippen LogP contribution in [0.15, 0.2) is 6.07 Å². The van der Waals surface area contributed by atoms with Crippen molar-refractivity contribution in [1.82, 2.24) is 15.0 Å². The number of ether oxygens (including phenoxy) is 3. The zero-order valence-electron chi connectivity index (χ0n) is 15.9. The van der Waals surface area contributed by atoms with E-state index >= 15 is 0 Å². The third-order valence-electron chi connectivity index (χ3n) is 6.76. The highest BCUT2D eigenvalue weighted by Gasteiger charge is 2.54. The van der Waals surface area contributed by atoms with Crippen LogP contribution in [0.4, 0.5) is 14.6 Å². The number of aliphatic hydroxyl groups excluding tert-OH is 1. The summed E-state index contributed by atoms with van der Waals surface area (Å²) in [7, 11) is 0. The van der Waals surface area contributed by atoms with Crippen molar-refractivity contribution in [3.05, 3.63) is 11.1 Å². The lowest BCUT2D eigenvalue weighted by Gasteiger charge is -2.21. The molecule has 0 bridgehead atoms. The number of alkyl halides is 2. The van der Waals surface area contributed by atoms with E-state index in [9.17, 15) is 13.9 Å². The van der Waals surface area contributed by atoms with Gasteiger partial charge in [0, 0.05) is 25.4 Å². The van der Waals surface area contributed by atoms with Crippen LogP contribution in [0, 0.1) is 11.8 Å². The molecule has 3 aliphatic heterocycles. The van der Waals surface area contributed by atoms with Crippen molar-refractivity contribution >= 4 is 28.6 Å². The highest BCUT2D eigenvalue weighted by atomic mass is 35.5. The van der Waals surface area contributed by atoms with Gasteiger partial charge in [-0.1, -0.05) is 11.6 Å². The lowest BCUT2D eigenvalue weighted by molar-refractivity contribution is -0.0351. The van der Waals surface area contributed by atoms with Crippen LogP contribution < -0.4 is 9.64 Å². The summed E-state index contributed by atoms with van der Waals surface area (Å²) in [5.74, 6) is -2.84. The number of hydrogen-bond acceptors (Lipinski definition) is 7. The molecule has 1 saturated carbocycles. The molecule has 2 aromatic heterocycles. The van der Waals surface area contributed by atoms with E-state index < -0.39 is 30.2 Å². The van der Waals surface area contributed by atoms with Crippen LogP contribution in [0.2, 0.25) is 5.02 Å². The zero-order chi connectivity index (χ0) is 20.6. The van der Waals surface area contributed by atoms with Crippen molar-refractivity contribution in [2.45, 2.75) is 43.2 Å². The molecule has 3 saturated heterocycles. The van der Waals surface area contributed by atoms with Gasteiger partial charge in [-0.2, -0.15) is 4.98 Å². The molecule has 6 atom stereocenters. The molecule has 0 radical (unpaired) electrons. The molecular formula is C19H21ClF2N4O4. The van der Waals surface area contributed by atoms with Crippen LogP contribution >= 0.6 is 11.6 Å². The molecule has 5 heterocycles. The smallest absolute Gasteiger partial charge is 0.296 e. The van der Waals surface area contributed by atoms with Gasteiger partial charge in [0.25, 0.3) is 11.9 Å². The van der Waals surface area contributed by atoms with E-state index in [1.165, 1.54) is 0 Å². The largest absolute Gasteiger partial charge is 0.456 e. The fourth-order valence-corrected chi connectivity index (χ4v) is 5.50. The van der Waals surface area contributed by atoms with Crippen molar-refractivity contribution in [2.24, 2.45) is 11.8 Å². The van der Waals surface area contributed by atoms with Gasteiger partial charge in [0.05, 0.1) is 23.8 Å². The quantitative estimate of drug-likeness (QED) is 0.751. The first-order valence-corrected chi connectivity index (χ1v) is 10.5. The Kier molecular flexibility index (Phi) is 4.19. The number of aliphatic hydroxyl groups is 1. The number of aromatic amines is 1. The summed E-state index contributed by atoms with van der Waals surface area (Å²) in [5, 5.41) is 10.2. The second-order valence-electron chi connectivity index (χ2n) is 8.60. The monoisotopic (exact) mass is 442 g/mol. The zero-order valence-corrected chi connectivity index (χ0v) is 16.7. The first-order chi connectivity index (χ1) is 14.4. The van der Waals surface area contributed by atoms with E-state index in [2.05, 4.69) is 15.0 Å². The van der Waals surface area contributed by atoms with E-state index in [4.69, 9.17) is 25.8 Å². The lowest BCUT2D eigenvalue weighted by atomic mass is 9.99. The predicted molar refractivity (Wildman–Crippen MR) is 102 cm³/mol. The topological polar surface area (TPSA) is 92.7 Å². The normalized spacial score (nSPS) is 37.1. The molecular weight excluding hydrogens is 422 g/mol. The summed E-state index contributed by atoms with van der Waals surface area (Å²) in [6.07, 6.45) is -1.32. The average Bonchev–Trinajstić information content (AvgIpc) is 3.47. The first-order valence-electron chi connectivity index (χ1n) is 10.2. The molecule has 8 nitrogen and oxygen atoms in total. The molecule has 0 amide bonds. The number of anilines is 1. The molecule has 4 aliphatic rings. The van der Waals surface area contributed by atoms with E-state index in [1.54, 1.807) is 6.07 Å². The van der Waals surface area contributed by atoms with E-state index in [1.807, 2.05) is 4.90 Å². The Labute approximate surface area is 175 Å². The van der Waals surface area contributed by atoms with Crippen molar-refractivity contribution in [3.63, 3.8) is 0 Å². The van der Waals surface area contributed by atoms with Crippen LogP contribution in [0.3, 0.4) is 0 Å². The van der Waals surface area contributed by atoms with Gasteiger partial charge in [0.15, 0.2) is 11.8 Å². The van der Waals surface area contributed by atoms with Gasteiger partial charge in [0.1, 0.15) is 24.1 Å². The molecule has 0 spiro atoms. The molecule has 0 aromatic carbocycles. The van der Waals surface area contributed by atoms with Crippen LogP contribution in [0.25, 0.3) is 11.2 Å². The van der Waals surface area contributed by atoms with Crippen LogP contribution in [-0.4, -0.2) is 76.7 Å². The highest BCUT2D eigenvalue weighted by Crippen LogP contribution is 2.49. The number of fused-ring (bicyclic) bond motifs is 3. The Morgan fingerprint density at radius 2 is 2.07 bits per heavy atom. The minimum Gasteiger partial charge on any atom is -0.456 e. The molecule has 2 N–H and O–H groups in total. The van der Waals surface area contributed by atoms with Crippen LogP contribution in [0.5, 0.6) is 6.01 Å². The summed E-state index contributed by atoms with van der Waals surface area (Å²) < 4.78 is 45.2. The molecule has 6 rings (SSSR count). The summed E-state index contributed by atoms with van der Waals surface area (Å²) in [4.78, 5) is 13.8. The van der Waals surface area contributed by atoms with Gasteiger partial charge < -0.3 is 29.2 Å². The number of pyridine rings is 1. The third-order valence-corrected chi connectivity index (χ3v) is 7.04. The predicted octanol–water partition coefficient (Wildman–Crippen LogP) is 2.00. The number of imidazole rings is 1. The SMILES string of the molecule is O[C@@H]1CO[C@H]2[C@@H]1OC[C@H]2Oc1nc2nc(N3CC4CCC(F)(F)C4C3)c(Cl)cc2[nH]1. The summed E-state index contributed by atoms with van der Waals surface area (Å²) in [6.45, 7) is 1.26. The van der Waals surface area contributed by atoms with Crippen LogP contribution in [-0.2, 0) is 9.47 Å². The molecule has 2 aromatic rings. The first kappa shape index (κ1) is 19.0. The molecule has 4 fully saturated rings. The Morgan fingerprint density at radius 1 is 1.23 bits per heavy atom. The summed E-state index contributed by atoms with van der Waals surface area (Å²) in [6, 6.07) is 1.93. The summed E-state index contributed by atoms with van der Waals surface area (Å²) >= 11 is 6.43. The van der Waals surface area contributed by atoms with Gasteiger partial charge in [-0.15, -0.1) is 0 Å². The van der Waals surface area contributed by atoms with Crippen molar-refractivity contribution in [1.29, 1.82) is 0 Å². The van der Waals surface area contributed by atoms with Gasteiger partial charge in [0.2, 0.25) is 0 Å². The van der Waals surface area contributed by atoms with Gasteiger partial charge in [-0.05, 0) is 18.4 Å². The van der Waals surface area contributed by atoms with E-state index in [0.29, 0.717) is 35.0 Å². The van der Waals surface area contributed by atoms with Gasteiger partial charge in [-0.25, -0.2) is 13.8 Å². The number of nitrogens with one attached hydrogen (secondary N) is 1. The standard InChI is InChI=1S/C19H21ClF2N4O4/c20-10-3-11-16(24-17(10)26-4-8-1-2-19(21,22)9(8)5-26)25-18(23-11)30-13-7-29-14-12(27)6-28-15(13)14/h3,8-9,12-15,27H,1-2,4-7H2,(H,23,24,25)/t8?,9?,12-,13-,14-,15-/m1/s1. The number of hydrogen-bond donors (Lipinski definition) is 2. The minimum absolute atomic E-state index is 0.0378. The number of aromatic nitrogens is 3. The maximum atomic E-state index is 14.1. The number of nitrogens with zero attached hydrogens (tertiary/aromatic N) is 3. The maximum Gasteiger partial charge on any atom is 0.296 e. The number of H-pyrrole nitrogens is 1. The van der Waals surface area contributed by atoms with Gasteiger partial charge in [-0.3, -0.25) is 0 Å². The average molecular weight is 443 g/mol.